The Morgan fingerprint density at radius 2 is 1.93 bits per heavy atom. The van der Waals surface area contributed by atoms with Crippen molar-refractivity contribution in [1.29, 1.82) is 0 Å². The van der Waals surface area contributed by atoms with Crippen LogP contribution in [-0.4, -0.2) is 18.4 Å². The number of nitroso groups, excluding NO2 is 1. The van der Waals surface area contributed by atoms with Gasteiger partial charge in [-0.1, -0.05) is 31.2 Å². The minimum absolute atomic E-state index is 0.0694. The predicted octanol–water partition coefficient (Wildman–Crippen LogP) is 4.86. The van der Waals surface area contributed by atoms with Gasteiger partial charge in [0.25, 0.3) is 0 Å². The highest BCUT2D eigenvalue weighted by Crippen LogP contribution is 2.66. The SMILES string of the molecule is C[C@]12CC[C@@H](C=CCCN)CC1C(N=O)C[C@@H]1[C@@H]2CC[C@]2(C)C(=O)CC[C@@H]12. The maximum atomic E-state index is 12.6. The Morgan fingerprint density at radius 1 is 1.11 bits per heavy atom. The highest BCUT2D eigenvalue weighted by Gasteiger charge is 2.62. The van der Waals surface area contributed by atoms with Gasteiger partial charge in [0, 0.05) is 11.8 Å². The van der Waals surface area contributed by atoms with E-state index in [1.54, 1.807) is 0 Å². The molecule has 0 spiro atoms. The minimum atomic E-state index is -0.125. The van der Waals surface area contributed by atoms with Gasteiger partial charge in [0.15, 0.2) is 0 Å². The predicted molar refractivity (Wildman–Crippen MR) is 108 cm³/mol. The van der Waals surface area contributed by atoms with E-state index < -0.39 is 0 Å². The smallest absolute Gasteiger partial charge is 0.139 e. The second kappa shape index (κ2) is 7.09. The summed E-state index contributed by atoms with van der Waals surface area (Å²) in [5, 5.41) is 3.68. The lowest BCUT2D eigenvalue weighted by atomic mass is 9.43. The lowest BCUT2D eigenvalue weighted by Crippen LogP contribution is -2.57. The number of hydrogen-bond donors (Lipinski definition) is 1. The van der Waals surface area contributed by atoms with E-state index >= 15 is 0 Å². The molecule has 4 fully saturated rings. The zero-order valence-corrected chi connectivity index (χ0v) is 17.0. The van der Waals surface area contributed by atoms with Crippen LogP contribution >= 0.6 is 0 Å². The van der Waals surface area contributed by atoms with Gasteiger partial charge in [-0.25, -0.2) is 0 Å². The van der Waals surface area contributed by atoms with E-state index in [-0.39, 0.29) is 16.9 Å². The first-order valence-corrected chi connectivity index (χ1v) is 11.2. The number of fused-ring (bicyclic) bond motifs is 5. The highest BCUT2D eigenvalue weighted by atomic mass is 16.3. The summed E-state index contributed by atoms with van der Waals surface area (Å²) in [6.45, 7) is 5.36. The van der Waals surface area contributed by atoms with Crippen LogP contribution in [0.1, 0.15) is 71.6 Å². The van der Waals surface area contributed by atoms with Gasteiger partial charge in [-0.2, -0.15) is 4.91 Å². The molecule has 8 atom stereocenters. The third-order valence-corrected chi connectivity index (χ3v) is 9.31. The first kappa shape index (κ1) is 19.3. The number of Topliss-reactive ketones (excluding diaryl/α,β-unsaturated/α-hetero) is 1. The monoisotopic (exact) mass is 372 g/mol. The first-order chi connectivity index (χ1) is 12.9. The van der Waals surface area contributed by atoms with Crippen LogP contribution in [0.15, 0.2) is 17.3 Å². The van der Waals surface area contributed by atoms with Crippen molar-refractivity contribution in [1.82, 2.24) is 0 Å². The first-order valence-electron chi connectivity index (χ1n) is 11.2. The summed E-state index contributed by atoms with van der Waals surface area (Å²) in [5.41, 5.74) is 5.71. The largest absolute Gasteiger partial charge is 0.330 e. The van der Waals surface area contributed by atoms with Gasteiger partial charge < -0.3 is 5.73 Å². The molecule has 4 heteroatoms. The Bertz CT molecular complexity index is 632. The molecule has 150 valence electrons. The number of nitrogens with zero attached hydrogens (tertiary/aromatic N) is 1. The summed E-state index contributed by atoms with van der Waals surface area (Å²) in [6, 6.07) is -0.0694. The van der Waals surface area contributed by atoms with Gasteiger partial charge in [-0.05, 0) is 92.9 Å². The lowest BCUT2D eigenvalue weighted by molar-refractivity contribution is -0.141. The molecule has 2 N–H and O–H groups in total. The summed E-state index contributed by atoms with van der Waals surface area (Å²) in [5.74, 6) is 3.11. The molecule has 4 aliphatic rings. The minimum Gasteiger partial charge on any atom is -0.330 e. The molecule has 2 unspecified atom stereocenters. The summed E-state index contributed by atoms with van der Waals surface area (Å²) in [7, 11) is 0. The van der Waals surface area contributed by atoms with E-state index in [0.717, 1.165) is 44.9 Å². The van der Waals surface area contributed by atoms with Crippen molar-refractivity contribution in [3.05, 3.63) is 17.1 Å². The molecule has 0 aromatic rings. The summed E-state index contributed by atoms with van der Waals surface area (Å²) >= 11 is 0. The summed E-state index contributed by atoms with van der Waals surface area (Å²) < 4.78 is 0. The molecule has 0 amide bonds. The molecular weight excluding hydrogens is 336 g/mol. The Balaban J connectivity index is 1.59. The van der Waals surface area contributed by atoms with E-state index in [2.05, 4.69) is 31.2 Å². The van der Waals surface area contributed by atoms with E-state index in [0.29, 0.717) is 41.9 Å². The third-order valence-electron chi connectivity index (χ3n) is 9.31. The molecular formula is C23H36N2O2. The van der Waals surface area contributed by atoms with Crippen molar-refractivity contribution in [3.63, 3.8) is 0 Å². The molecule has 0 aromatic carbocycles. The topological polar surface area (TPSA) is 72.5 Å². The number of carbonyl (C=O) groups excluding carboxylic acids is 1. The van der Waals surface area contributed by atoms with Crippen LogP contribution in [0.25, 0.3) is 0 Å². The Kier molecular flexibility index (Phi) is 5.07. The average Bonchev–Trinajstić information content (AvgIpc) is 2.96. The van der Waals surface area contributed by atoms with Crippen LogP contribution in [0.2, 0.25) is 0 Å². The van der Waals surface area contributed by atoms with Crippen molar-refractivity contribution in [2.75, 3.05) is 6.54 Å². The van der Waals surface area contributed by atoms with Crippen LogP contribution in [0.5, 0.6) is 0 Å². The molecule has 4 saturated carbocycles. The van der Waals surface area contributed by atoms with Gasteiger partial charge in [-0.3, -0.25) is 4.79 Å². The molecule has 0 aromatic heterocycles. The second-order valence-corrected chi connectivity index (χ2v) is 10.4. The van der Waals surface area contributed by atoms with Crippen molar-refractivity contribution >= 4 is 5.78 Å². The average molecular weight is 373 g/mol. The Hall–Kier alpha value is -1.03. The zero-order valence-electron chi connectivity index (χ0n) is 17.0. The summed E-state index contributed by atoms with van der Waals surface area (Å²) in [4.78, 5) is 24.5. The maximum Gasteiger partial charge on any atom is 0.139 e. The third kappa shape index (κ3) is 2.94. The molecule has 0 heterocycles. The number of carbonyl (C=O) groups is 1. The molecule has 4 aliphatic carbocycles. The van der Waals surface area contributed by atoms with Crippen LogP contribution in [0, 0.1) is 45.3 Å². The van der Waals surface area contributed by atoms with Crippen LogP contribution in [-0.2, 0) is 4.79 Å². The van der Waals surface area contributed by atoms with Crippen LogP contribution < -0.4 is 5.73 Å². The molecule has 0 bridgehead atoms. The number of ketones is 1. The molecule has 0 aliphatic heterocycles. The van der Waals surface area contributed by atoms with Gasteiger partial charge in [0.1, 0.15) is 5.78 Å². The van der Waals surface area contributed by atoms with E-state index in [1.807, 2.05) is 0 Å². The lowest BCUT2D eigenvalue weighted by Gasteiger charge is -2.61. The molecule has 4 nitrogen and oxygen atoms in total. The fourth-order valence-corrected chi connectivity index (χ4v) is 7.78. The van der Waals surface area contributed by atoms with Gasteiger partial charge in [0.05, 0.1) is 6.04 Å². The highest BCUT2D eigenvalue weighted by molar-refractivity contribution is 5.87. The van der Waals surface area contributed by atoms with Gasteiger partial charge >= 0.3 is 0 Å². The van der Waals surface area contributed by atoms with E-state index in [1.165, 1.54) is 12.8 Å². The molecule has 0 radical (unpaired) electrons. The number of rotatable bonds is 4. The van der Waals surface area contributed by atoms with Crippen molar-refractivity contribution in [3.8, 4) is 0 Å². The number of nitrogens with two attached hydrogens (primary N) is 1. The van der Waals surface area contributed by atoms with Crippen molar-refractivity contribution < 1.29 is 4.79 Å². The van der Waals surface area contributed by atoms with Gasteiger partial charge in [-0.15, -0.1) is 0 Å². The number of allylic oxidation sites excluding steroid dienone is 1. The normalized spacial score (nSPS) is 49.5. The number of hydrogen-bond acceptors (Lipinski definition) is 4. The fraction of sp³-hybridized carbons (Fsp3) is 0.870. The van der Waals surface area contributed by atoms with Crippen molar-refractivity contribution in [2.24, 2.45) is 51.3 Å². The zero-order chi connectivity index (χ0) is 19.2. The van der Waals surface area contributed by atoms with Crippen LogP contribution in [0.4, 0.5) is 0 Å². The summed E-state index contributed by atoms with van der Waals surface area (Å²) in [6.07, 6.45) is 13.9. The second-order valence-electron chi connectivity index (χ2n) is 10.4. The Morgan fingerprint density at radius 3 is 2.67 bits per heavy atom. The van der Waals surface area contributed by atoms with Gasteiger partial charge in [0.2, 0.25) is 0 Å². The van der Waals surface area contributed by atoms with E-state index in [9.17, 15) is 9.70 Å². The van der Waals surface area contributed by atoms with Crippen molar-refractivity contribution in [2.45, 2.75) is 77.7 Å². The van der Waals surface area contributed by atoms with E-state index in [4.69, 9.17) is 5.73 Å². The molecule has 4 rings (SSSR count). The fourth-order valence-electron chi connectivity index (χ4n) is 7.78. The molecule has 27 heavy (non-hydrogen) atoms. The maximum absolute atomic E-state index is 12.6. The molecule has 0 saturated heterocycles. The standard InChI is InChI=1S/C23H36N2O2/c1-22-10-8-15(5-3-4-12-24)13-19(22)20(25-27)14-16-17-6-7-21(26)23(17,2)11-9-18(16)22/h3,5,15-20H,4,6-14,24H2,1-2H3/t15-,16+,17+,18+,19?,20?,22-,23+/m1/s1. The Labute approximate surface area is 163 Å². The van der Waals surface area contributed by atoms with Crippen LogP contribution in [0.3, 0.4) is 0 Å². The quantitative estimate of drug-likeness (QED) is 0.565.